The molecular formula is C60H114NO24P. The number of hydrogen-bond donors (Lipinski definition) is 16. The molecule has 0 aromatic rings. The van der Waals surface area contributed by atoms with E-state index in [-0.39, 0.29) is 12.8 Å². The highest BCUT2D eigenvalue weighted by molar-refractivity contribution is 7.47. The zero-order valence-corrected chi connectivity index (χ0v) is 52.2. The number of carbonyl (C=O) groups excluding carboxylic acids is 1. The van der Waals surface area contributed by atoms with E-state index < -0.39 is 155 Å². The van der Waals surface area contributed by atoms with Gasteiger partial charge in [0.05, 0.1) is 25.4 Å². The molecule has 25 nitrogen and oxygen atoms in total. The van der Waals surface area contributed by atoms with E-state index in [0.29, 0.717) is 12.8 Å². The van der Waals surface area contributed by atoms with Crippen LogP contribution in [0.25, 0.3) is 0 Å². The van der Waals surface area contributed by atoms with E-state index >= 15 is 0 Å². The van der Waals surface area contributed by atoms with Crippen molar-refractivity contribution >= 4 is 19.7 Å². The van der Waals surface area contributed by atoms with Crippen molar-refractivity contribution in [3.63, 3.8) is 0 Å². The first-order valence-electron chi connectivity index (χ1n) is 32.7. The van der Waals surface area contributed by atoms with Crippen LogP contribution in [0.15, 0.2) is 0 Å². The van der Waals surface area contributed by atoms with E-state index in [0.717, 1.165) is 64.2 Å². The van der Waals surface area contributed by atoms with Crippen LogP contribution in [0.5, 0.6) is 0 Å². The quantitative estimate of drug-likeness (QED) is 0.0303. The first-order chi connectivity index (χ1) is 41.1. The summed E-state index contributed by atoms with van der Waals surface area (Å²) < 4.78 is 45.0. The van der Waals surface area contributed by atoms with Crippen LogP contribution in [0.3, 0.4) is 0 Å². The van der Waals surface area contributed by atoms with Crippen LogP contribution in [-0.4, -0.2) is 224 Å². The molecule has 1 amide bonds. The van der Waals surface area contributed by atoms with E-state index in [9.17, 15) is 90.5 Å². The molecule has 508 valence electrons. The molecule has 3 aliphatic rings. The first-order valence-corrected chi connectivity index (χ1v) is 34.2. The molecule has 21 atom stereocenters. The molecule has 0 aromatic heterocycles. The summed E-state index contributed by atoms with van der Waals surface area (Å²) in [7, 11) is -5.55. The third-order valence-electron chi connectivity index (χ3n) is 17.1. The second-order valence-electron chi connectivity index (χ2n) is 24.3. The van der Waals surface area contributed by atoms with Crippen molar-refractivity contribution in [1.82, 2.24) is 5.32 Å². The van der Waals surface area contributed by atoms with E-state index in [1.807, 2.05) is 0 Å². The number of aliphatic hydroxyl groups excluding tert-OH is 13. The number of hydrogen-bond acceptors (Lipinski definition) is 22. The summed E-state index contributed by atoms with van der Waals surface area (Å²) in [6.45, 7) is 2.50. The Kier molecular flexibility index (Phi) is 40.2. The van der Waals surface area contributed by atoms with Gasteiger partial charge in [0.1, 0.15) is 91.6 Å². The number of unbranched alkanes of at least 4 members (excludes halogenated alkanes) is 30. The third-order valence-corrected chi connectivity index (χ3v) is 18.0. The van der Waals surface area contributed by atoms with Gasteiger partial charge < -0.3 is 101 Å². The van der Waals surface area contributed by atoms with Gasteiger partial charge in [-0.05, 0) is 12.8 Å². The molecule has 0 bridgehead atoms. The maximum Gasteiger partial charge on any atom is 0.472 e. The average molecular weight is 1260 g/mol. The molecule has 3 rings (SSSR count). The summed E-state index contributed by atoms with van der Waals surface area (Å²) in [5.74, 6) is -2.83. The van der Waals surface area contributed by atoms with Crippen molar-refractivity contribution in [2.45, 2.75) is 355 Å². The minimum absolute atomic E-state index is 0.0668. The number of carbonyl (C=O) groups is 2. The second-order valence-corrected chi connectivity index (χ2v) is 25.7. The van der Waals surface area contributed by atoms with Crippen LogP contribution in [-0.2, 0) is 42.1 Å². The molecule has 1 aliphatic carbocycles. The van der Waals surface area contributed by atoms with Gasteiger partial charge in [-0.3, -0.25) is 13.8 Å². The molecule has 3 fully saturated rings. The van der Waals surface area contributed by atoms with Gasteiger partial charge >= 0.3 is 13.8 Å². The number of phosphoric acid groups is 1. The lowest BCUT2D eigenvalue weighted by Crippen LogP contribution is -2.68. The molecule has 16 N–H and O–H groups in total. The monoisotopic (exact) mass is 1260 g/mol. The second kappa shape index (κ2) is 44.0. The summed E-state index contributed by atoms with van der Waals surface area (Å²) in [5.41, 5.74) is 0. The standard InChI is InChI=1S/C60H114NO24P/c1-3-5-7-9-11-13-15-17-18-19-20-21-22-23-24-26-28-30-32-34-36-41(64)57(75)61-39(43(65)40(63)35-33-31-29-27-25-16-14-12-10-8-6-4-2)38-80-86(78,79)85-54-48(70)46(68)53(47(69)49(54)71)82-60-52(74)50(72)55(56(84-60)58(76)77)83-59-51(73)45(67)44(66)42(37-62)81-59/h39-56,59-60,62-74H,3-38H2,1-2H3,(H,61,75)(H,76,77)(H,78,79)/t39?,40?,41?,42-,43?,44-,45+,46-,47+,48-,49-,50-,51-,52-,53?,54?,55+,56+,59-,60+/m1/s1. The lowest BCUT2D eigenvalue weighted by Gasteiger charge is -2.48. The van der Waals surface area contributed by atoms with Crippen molar-refractivity contribution in [2.75, 3.05) is 13.2 Å². The summed E-state index contributed by atoms with van der Waals surface area (Å²) in [4.78, 5) is 36.6. The Labute approximate surface area is 509 Å². The van der Waals surface area contributed by atoms with Crippen molar-refractivity contribution in [3.05, 3.63) is 0 Å². The van der Waals surface area contributed by atoms with Crippen LogP contribution >= 0.6 is 7.82 Å². The maximum absolute atomic E-state index is 13.5. The van der Waals surface area contributed by atoms with Gasteiger partial charge in [0.15, 0.2) is 18.7 Å². The summed E-state index contributed by atoms with van der Waals surface area (Å²) in [6, 6.07) is -1.63. The molecular weight excluding hydrogens is 1150 g/mol. The number of ether oxygens (including phenoxy) is 4. The highest BCUT2D eigenvalue weighted by atomic mass is 31.2. The SMILES string of the molecule is CCCCCCCCCCCCCCCCCCCCCCC(O)C(=O)NC(COP(=O)(O)OC1[C@H](O)[C@H](O)C(O[C@H]2O[C@H](C(=O)O)[C@@H](O[C@H]3O[C@H](CO)[C@@H](O)[C@H](O)[C@H]3O)[C@H](O)[C@H]2O)[C@H](O)[C@H]1O)C(O)C(O)CCCCCCCCCCCCCC. The zero-order chi connectivity index (χ0) is 63.6. The predicted octanol–water partition coefficient (Wildman–Crippen LogP) is 3.92. The van der Waals surface area contributed by atoms with Gasteiger partial charge in [0.25, 0.3) is 0 Å². The minimum atomic E-state index is -5.55. The molecule has 1 saturated carbocycles. The van der Waals surface area contributed by atoms with E-state index in [1.165, 1.54) is 128 Å². The number of carboxylic acids is 1. The molecule has 0 spiro atoms. The van der Waals surface area contributed by atoms with Crippen LogP contribution in [0.1, 0.15) is 232 Å². The predicted molar refractivity (Wildman–Crippen MR) is 315 cm³/mol. The number of amides is 1. The fourth-order valence-corrected chi connectivity index (χ4v) is 12.4. The Morgan fingerprint density at radius 3 is 1.26 bits per heavy atom. The summed E-state index contributed by atoms with van der Waals surface area (Å²) in [6.07, 6.45) is -3.21. The van der Waals surface area contributed by atoms with Crippen LogP contribution in [0, 0.1) is 0 Å². The summed E-state index contributed by atoms with van der Waals surface area (Å²) >= 11 is 0. The number of nitrogens with one attached hydrogen (secondary N) is 1. The largest absolute Gasteiger partial charge is 0.479 e. The molecule has 2 aliphatic heterocycles. The molecule has 7 unspecified atom stereocenters. The van der Waals surface area contributed by atoms with Crippen molar-refractivity contribution in [2.24, 2.45) is 0 Å². The van der Waals surface area contributed by atoms with Crippen LogP contribution in [0.2, 0.25) is 0 Å². The van der Waals surface area contributed by atoms with Crippen molar-refractivity contribution in [1.29, 1.82) is 0 Å². The Balaban J connectivity index is 1.54. The molecule has 0 radical (unpaired) electrons. The van der Waals surface area contributed by atoms with E-state index in [2.05, 4.69) is 19.2 Å². The fourth-order valence-electron chi connectivity index (χ4n) is 11.5. The third kappa shape index (κ3) is 28.1. The number of rotatable bonds is 49. The van der Waals surface area contributed by atoms with Crippen molar-refractivity contribution < 1.29 is 119 Å². The fraction of sp³-hybridized carbons (Fsp3) is 0.967. The minimum Gasteiger partial charge on any atom is -0.479 e. The molecule has 26 heteroatoms. The summed E-state index contributed by atoms with van der Waals surface area (Å²) in [5, 5.41) is 152. The average Bonchev–Trinajstić information content (AvgIpc) is 0.987. The highest BCUT2D eigenvalue weighted by Gasteiger charge is 2.57. The number of phosphoric ester groups is 1. The topological polar surface area (TPSA) is 422 Å². The van der Waals surface area contributed by atoms with E-state index in [1.54, 1.807) is 0 Å². The Hall–Kier alpha value is -1.63. The molecule has 2 heterocycles. The van der Waals surface area contributed by atoms with Crippen molar-refractivity contribution in [3.8, 4) is 0 Å². The van der Waals surface area contributed by atoms with E-state index in [4.69, 9.17) is 28.0 Å². The lowest BCUT2D eigenvalue weighted by molar-refractivity contribution is -0.366. The normalized spacial score (nSPS) is 31.0. The number of aliphatic hydroxyl groups is 13. The van der Waals surface area contributed by atoms with Crippen LogP contribution < -0.4 is 5.32 Å². The molecule has 0 aromatic carbocycles. The maximum atomic E-state index is 13.5. The Morgan fingerprint density at radius 1 is 0.477 bits per heavy atom. The van der Waals surface area contributed by atoms with Gasteiger partial charge in [-0.2, -0.15) is 0 Å². The zero-order valence-electron chi connectivity index (χ0n) is 51.3. The molecule has 2 saturated heterocycles. The number of carboxylic acid groups (broad SMARTS) is 1. The Bertz CT molecular complexity index is 1800. The van der Waals surface area contributed by atoms with Gasteiger partial charge in [-0.15, -0.1) is 0 Å². The Morgan fingerprint density at radius 2 is 0.837 bits per heavy atom. The van der Waals surface area contributed by atoms with Gasteiger partial charge in [0, 0.05) is 0 Å². The highest BCUT2D eigenvalue weighted by Crippen LogP contribution is 2.47. The number of aliphatic carboxylic acids is 1. The van der Waals surface area contributed by atoms with Gasteiger partial charge in [-0.25, -0.2) is 9.36 Å². The molecule has 86 heavy (non-hydrogen) atoms. The van der Waals surface area contributed by atoms with Crippen LogP contribution in [0.4, 0.5) is 0 Å². The first kappa shape index (κ1) is 78.6. The van der Waals surface area contributed by atoms with Gasteiger partial charge in [-0.1, -0.05) is 219 Å². The smallest absolute Gasteiger partial charge is 0.472 e. The lowest BCUT2D eigenvalue weighted by atomic mass is 9.84. The van der Waals surface area contributed by atoms with Gasteiger partial charge in [0.2, 0.25) is 5.91 Å².